The van der Waals surface area contributed by atoms with Crippen molar-refractivity contribution >= 4 is 52.4 Å². The largest absolute Gasteiger partial charge is 0.393 e. The van der Waals surface area contributed by atoms with Crippen molar-refractivity contribution in [3.05, 3.63) is 99.0 Å². The number of esters is 2. The van der Waals surface area contributed by atoms with E-state index < -0.39 is 46.9 Å². The van der Waals surface area contributed by atoms with Crippen molar-refractivity contribution in [3.63, 3.8) is 0 Å². The van der Waals surface area contributed by atoms with Gasteiger partial charge in [0.2, 0.25) is 0 Å². The number of carbonyl (C=O) groups is 4. The molecule has 0 amide bonds. The molecule has 1 aliphatic carbocycles. The Balaban J connectivity index is 1.70. The minimum absolute atomic E-state index is 0.186. The number of halogens is 2. The van der Waals surface area contributed by atoms with Gasteiger partial charge in [0.15, 0.2) is 17.1 Å². The Morgan fingerprint density at radius 1 is 0.829 bits per heavy atom. The van der Waals surface area contributed by atoms with Crippen LogP contribution in [0.1, 0.15) is 37.9 Å². The smallest absolute Gasteiger partial charge is 0.320 e. The summed E-state index contributed by atoms with van der Waals surface area (Å²) < 4.78 is 5.06. The third-order valence-electron chi connectivity index (χ3n) is 7.23. The normalized spacial score (nSPS) is 24.2. The SMILES string of the molecule is Cc1ccc([C@H]2[C@@H]3C(=O)OC(=O)[C@@H]3C3(C(=O)c4ccccc4C3=O)N2c2ccc(Cl)cc2Cl)cc1. The number of carbonyl (C=O) groups excluding carboxylic acids is 4. The molecule has 2 heterocycles. The third kappa shape index (κ3) is 2.78. The lowest BCUT2D eigenvalue weighted by Crippen LogP contribution is -2.59. The molecule has 3 aromatic carbocycles. The van der Waals surface area contributed by atoms with Crippen molar-refractivity contribution in [1.82, 2.24) is 0 Å². The van der Waals surface area contributed by atoms with Gasteiger partial charge >= 0.3 is 11.9 Å². The summed E-state index contributed by atoms with van der Waals surface area (Å²) in [5, 5.41) is 0.549. The van der Waals surface area contributed by atoms with E-state index in [4.69, 9.17) is 27.9 Å². The van der Waals surface area contributed by atoms with Gasteiger partial charge in [0.05, 0.1) is 22.7 Å². The van der Waals surface area contributed by atoms with Crippen LogP contribution in [0.15, 0.2) is 66.7 Å². The number of fused-ring (bicyclic) bond motifs is 3. The lowest BCUT2D eigenvalue weighted by molar-refractivity contribution is -0.154. The van der Waals surface area contributed by atoms with Gasteiger partial charge in [-0.15, -0.1) is 0 Å². The van der Waals surface area contributed by atoms with Gasteiger partial charge in [-0.2, -0.15) is 0 Å². The number of ether oxygens (including phenoxy) is 1. The zero-order chi connectivity index (χ0) is 24.6. The molecule has 174 valence electrons. The van der Waals surface area contributed by atoms with Gasteiger partial charge in [0.25, 0.3) is 0 Å². The Hall–Kier alpha value is -3.48. The van der Waals surface area contributed by atoms with Crippen LogP contribution in [0, 0.1) is 18.8 Å². The zero-order valence-corrected chi connectivity index (χ0v) is 19.8. The van der Waals surface area contributed by atoms with Crippen molar-refractivity contribution in [1.29, 1.82) is 0 Å². The van der Waals surface area contributed by atoms with Crippen LogP contribution in [0.3, 0.4) is 0 Å². The first-order valence-electron chi connectivity index (χ1n) is 11.0. The number of hydrogen-bond donors (Lipinski definition) is 0. The third-order valence-corrected chi connectivity index (χ3v) is 7.77. The summed E-state index contributed by atoms with van der Waals surface area (Å²) in [5.41, 5.74) is 0.332. The van der Waals surface area contributed by atoms with Gasteiger partial charge in [-0.1, -0.05) is 77.3 Å². The Kier molecular flexibility index (Phi) is 4.72. The van der Waals surface area contributed by atoms with E-state index in [0.29, 0.717) is 16.3 Å². The fourth-order valence-electron chi connectivity index (χ4n) is 5.82. The number of benzene rings is 3. The van der Waals surface area contributed by atoms with Crippen LogP contribution in [-0.4, -0.2) is 29.0 Å². The monoisotopic (exact) mass is 505 g/mol. The molecule has 3 atom stereocenters. The van der Waals surface area contributed by atoms with E-state index in [1.807, 2.05) is 31.2 Å². The maximum atomic E-state index is 14.2. The molecular weight excluding hydrogens is 489 g/mol. The second kappa shape index (κ2) is 7.51. The molecule has 2 fully saturated rings. The van der Waals surface area contributed by atoms with Crippen molar-refractivity contribution < 1.29 is 23.9 Å². The van der Waals surface area contributed by atoms with Crippen LogP contribution in [-0.2, 0) is 14.3 Å². The lowest BCUT2D eigenvalue weighted by atomic mass is 9.76. The maximum Gasteiger partial charge on any atom is 0.320 e. The second-order valence-corrected chi connectivity index (χ2v) is 9.88. The minimum Gasteiger partial charge on any atom is -0.393 e. The maximum absolute atomic E-state index is 14.2. The van der Waals surface area contributed by atoms with E-state index in [-0.39, 0.29) is 16.1 Å². The van der Waals surface area contributed by atoms with Crippen molar-refractivity contribution in [3.8, 4) is 0 Å². The molecule has 6 nitrogen and oxygen atoms in total. The number of aryl methyl sites for hydroxylation is 1. The number of ketones is 2. The number of hydrogen-bond acceptors (Lipinski definition) is 6. The van der Waals surface area contributed by atoms with Gasteiger partial charge in [-0.05, 0) is 30.7 Å². The molecule has 2 saturated heterocycles. The number of anilines is 1. The van der Waals surface area contributed by atoms with E-state index in [9.17, 15) is 19.2 Å². The van der Waals surface area contributed by atoms with Gasteiger partial charge in [0, 0.05) is 16.1 Å². The van der Waals surface area contributed by atoms with Crippen molar-refractivity contribution in [2.45, 2.75) is 18.5 Å². The molecule has 8 heteroatoms. The Morgan fingerprint density at radius 3 is 2.06 bits per heavy atom. The first-order chi connectivity index (χ1) is 16.8. The summed E-state index contributed by atoms with van der Waals surface area (Å²) in [5.74, 6) is -5.19. The lowest BCUT2D eigenvalue weighted by Gasteiger charge is -2.40. The summed E-state index contributed by atoms with van der Waals surface area (Å²) in [4.78, 5) is 56.2. The fraction of sp³-hybridized carbons (Fsp3) is 0.185. The molecule has 0 bridgehead atoms. The first-order valence-corrected chi connectivity index (χ1v) is 11.8. The van der Waals surface area contributed by atoms with Gasteiger partial charge in [-0.25, -0.2) is 0 Å². The number of nitrogens with zero attached hydrogens (tertiary/aromatic N) is 1. The molecule has 0 saturated carbocycles. The Morgan fingerprint density at radius 2 is 1.46 bits per heavy atom. The second-order valence-electron chi connectivity index (χ2n) is 9.04. The molecule has 1 spiro atoms. The Bertz CT molecular complexity index is 1430. The highest BCUT2D eigenvalue weighted by Gasteiger charge is 2.76. The number of Topliss-reactive ketones (excluding diaryl/α,β-unsaturated/α-hetero) is 2. The fourth-order valence-corrected chi connectivity index (χ4v) is 6.31. The minimum atomic E-state index is -2.02. The summed E-state index contributed by atoms with van der Waals surface area (Å²) in [7, 11) is 0. The molecule has 2 aliphatic heterocycles. The van der Waals surface area contributed by atoms with Crippen LogP contribution in [0.4, 0.5) is 5.69 Å². The van der Waals surface area contributed by atoms with Crippen LogP contribution < -0.4 is 4.90 Å². The Labute approximate surface area is 210 Å². The zero-order valence-electron chi connectivity index (χ0n) is 18.3. The molecule has 0 radical (unpaired) electrons. The van der Waals surface area contributed by atoms with E-state index in [2.05, 4.69) is 0 Å². The van der Waals surface area contributed by atoms with Crippen LogP contribution in [0.2, 0.25) is 10.0 Å². The standard InChI is InChI=1S/C27H17Cl2NO5/c1-13-6-8-14(9-7-13)22-20-21(26(34)35-25(20)33)27(30(22)19-11-10-15(28)12-18(19)29)23(31)16-4-2-3-5-17(16)24(27)32/h2-12,20-22H,1H3/t20-,21-,22+/m1/s1. The summed E-state index contributed by atoms with van der Waals surface area (Å²) in [6, 6.07) is 17.6. The topological polar surface area (TPSA) is 80.8 Å². The predicted octanol–water partition coefficient (Wildman–Crippen LogP) is 5.00. The highest BCUT2D eigenvalue weighted by Crippen LogP contribution is 2.60. The van der Waals surface area contributed by atoms with E-state index in [0.717, 1.165) is 5.56 Å². The predicted molar refractivity (Wildman–Crippen MR) is 129 cm³/mol. The number of cyclic esters (lactones) is 2. The molecule has 3 aliphatic rings. The average Bonchev–Trinajstić information content (AvgIpc) is 3.39. The quantitative estimate of drug-likeness (QED) is 0.360. The van der Waals surface area contributed by atoms with Crippen LogP contribution >= 0.6 is 23.2 Å². The van der Waals surface area contributed by atoms with E-state index in [1.165, 1.54) is 6.07 Å². The molecule has 0 unspecified atom stereocenters. The van der Waals surface area contributed by atoms with Gasteiger partial charge in [0.1, 0.15) is 5.92 Å². The molecule has 3 aromatic rings. The number of rotatable bonds is 2. The molecule has 0 aromatic heterocycles. The molecule has 6 rings (SSSR count). The van der Waals surface area contributed by atoms with Crippen molar-refractivity contribution in [2.24, 2.45) is 11.8 Å². The molecule has 35 heavy (non-hydrogen) atoms. The van der Waals surface area contributed by atoms with E-state index >= 15 is 0 Å². The highest BCUT2D eigenvalue weighted by atomic mass is 35.5. The summed E-state index contributed by atoms with van der Waals surface area (Å²) in [6.07, 6.45) is 0. The summed E-state index contributed by atoms with van der Waals surface area (Å²) in [6.45, 7) is 1.92. The van der Waals surface area contributed by atoms with Crippen LogP contribution in [0.5, 0.6) is 0 Å². The van der Waals surface area contributed by atoms with Crippen molar-refractivity contribution in [2.75, 3.05) is 4.90 Å². The van der Waals surface area contributed by atoms with Gasteiger partial charge in [-0.3, -0.25) is 19.2 Å². The summed E-state index contributed by atoms with van der Waals surface area (Å²) >= 11 is 12.8. The van der Waals surface area contributed by atoms with Gasteiger partial charge < -0.3 is 9.64 Å². The van der Waals surface area contributed by atoms with Crippen LogP contribution in [0.25, 0.3) is 0 Å². The van der Waals surface area contributed by atoms with E-state index in [1.54, 1.807) is 41.3 Å². The highest BCUT2D eigenvalue weighted by molar-refractivity contribution is 6.39. The molecular formula is C27H17Cl2NO5. The average molecular weight is 506 g/mol. The first kappa shape index (κ1) is 22.0. The molecule has 0 N–H and O–H groups in total.